The lowest BCUT2D eigenvalue weighted by molar-refractivity contribution is 0.0951. The SMILES string of the molecule is CCNC(=O)c1cc(NCC(C)(C)CN(C)C)ccn1. The maximum absolute atomic E-state index is 11.7. The minimum Gasteiger partial charge on any atom is -0.384 e. The van der Waals surface area contributed by atoms with Gasteiger partial charge in [0.2, 0.25) is 0 Å². The third kappa shape index (κ3) is 5.57. The van der Waals surface area contributed by atoms with Crippen molar-refractivity contribution in [2.75, 3.05) is 39.0 Å². The van der Waals surface area contributed by atoms with Crippen molar-refractivity contribution >= 4 is 11.6 Å². The lowest BCUT2D eigenvalue weighted by atomic mass is 9.93. The predicted molar refractivity (Wildman–Crippen MR) is 83.1 cm³/mol. The molecule has 0 fully saturated rings. The summed E-state index contributed by atoms with van der Waals surface area (Å²) in [5, 5.41) is 6.13. The molecule has 1 amide bonds. The normalized spacial score (nSPS) is 11.5. The molecule has 5 nitrogen and oxygen atoms in total. The number of hydrogen-bond acceptors (Lipinski definition) is 4. The van der Waals surface area contributed by atoms with Crippen LogP contribution in [0.25, 0.3) is 0 Å². The van der Waals surface area contributed by atoms with Gasteiger partial charge in [0.15, 0.2) is 0 Å². The Hall–Kier alpha value is -1.62. The Balaban J connectivity index is 2.65. The minimum atomic E-state index is -0.135. The molecule has 5 heteroatoms. The number of nitrogens with zero attached hydrogens (tertiary/aromatic N) is 2. The lowest BCUT2D eigenvalue weighted by Crippen LogP contribution is -2.34. The van der Waals surface area contributed by atoms with E-state index in [1.54, 1.807) is 12.3 Å². The zero-order valence-electron chi connectivity index (χ0n) is 13.2. The van der Waals surface area contributed by atoms with Gasteiger partial charge in [0.05, 0.1) is 0 Å². The zero-order chi connectivity index (χ0) is 15.2. The van der Waals surface area contributed by atoms with Crippen molar-refractivity contribution in [2.45, 2.75) is 20.8 Å². The fourth-order valence-electron chi connectivity index (χ4n) is 2.17. The molecule has 1 heterocycles. The number of amides is 1. The highest BCUT2D eigenvalue weighted by Crippen LogP contribution is 2.18. The molecule has 0 atom stereocenters. The van der Waals surface area contributed by atoms with Crippen LogP contribution in [0.2, 0.25) is 0 Å². The van der Waals surface area contributed by atoms with Gasteiger partial charge >= 0.3 is 0 Å². The van der Waals surface area contributed by atoms with Gasteiger partial charge in [-0.05, 0) is 38.6 Å². The first kappa shape index (κ1) is 16.4. The Morgan fingerprint density at radius 1 is 1.40 bits per heavy atom. The highest BCUT2D eigenvalue weighted by Gasteiger charge is 2.18. The van der Waals surface area contributed by atoms with E-state index in [0.717, 1.165) is 18.8 Å². The fourth-order valence-corrected chi connectivity index (χ4v) is 2.17. The molecule has 0 saturated carbocycles. The highest BCUT2D eigenvalue weighted by atomic mass is 16.1. The quantitative estimate of drug-likeness (QED) is 0.799. The van der Waals surface area contributed by atoms with E-state index in [0.29, 0.717) is 12.2 Å². The average molecular weight is 278 g/mol. The van der Waals surface area contributed by atoms with Gasteiger partial charge in [-0.2, -0.15) is 0 Å². The van der Waals surface area contributed by atoms with E-state index in [9.17, 15) is 4.79 Å². The number of hydrogen-bond donors (Lipinski definition) is 2. The monoisotopic (exact) mass is 278 g/mol. The summed E-state index contributed by atoms with van der Waals surface area (Å²) in [6.07, 6.45) is 1.66. The van der Waals surface area contributed by atoms with Crippen LogP contribution in [-0.4, -0.2) is 49.5 Å². The van der Waals surface area contributed by atoms with E-state index in [2.05, 4.69) is 48.5 Å². The van der Waals surface area contributed by atoms with Crippen molar-refractivity contribution in [3.05, 3.63) is 24.0 Å². The number of aromatic nitrogens is 1. The largest absolute Gasteiger partial charge is 0.384 e. The molecular formula is C15H26N4O. The van der Waals surface area contributed by atoms with Crippen LogP contribution in [0.15, 0.2) is 18.3 Å². The molecule has 1 aromatic rings. The summed E-state index contributed by atoms with van der Waals surface area (Å²) in [5.74, 6) is -0.135. The molecule has 2 N–H and O–H groups in total. The Bertz CT molecular complexity index is 443. The standard InChI is InChI=1S/C15H26N4O/c1-6-16-14(20)13-9-12(7-8-17-13)18-10-15(2,3)11-19(4)5/h7-9H,6,10-11H2,1-5H3,(H,16,20)(H,17,18). The summed E-state index contributed by atoms with van der Waals surface area (Å²) >= 11 is 0. The molecule has 0 aliphatic rings. The molecule has 0 saturated heterocycles. The highest BCUT2D eigenvalue weighted by molar-refractivity contribution is 5.93. The molecule has 1 aromatic heterocycles. The van der Waals surface area contributed by atoms with Crippen LogP contribution < -0.4 is 10.6 Å². The molecule has 0 aromatic carbocycles. The predicted octanol–water partition coefficient (Wildman–Crippen LogP) is 1.83. The molecule has 0 aliphatic carbocycles. The van der Waals surface area contributed by atoms with Crippen LogP contribution in [0, 0.1) is 5.41 Å². The fraction of sp³-hybridized carbons (Fsp3) is 0.600. The minimum absolute atomic E-state index is 0.135. The van der Waals surface area contributed by atoms with Gasteiger partial charge in [0.25, 0.3) is 5.91 Å². The summed E-state index contributed by atoms with van der Waals surface area (Å²) in [6, 6.07) is 3.67. The first-order valence-corrected chi connectivity index (χ1v) is 6.97. The second-order valence-electron chi connectivity index (χ2n) is 6.04. The van der Waals surface area contributed by atoms with Crippen molar-refractivity contribution in [2.24, 2.45) is 5.41 Å². The molecular weight excluding hydrogens is 252 g/mol. The van der Waals surface area contributed by atoms with Gasteiger partial charge in [0, 0.05) is 31.5 Å². The van der Waals surface area contributed by atoms with Crippen LogP contribution >= 0.6 is 0 Å². The van der Waals surface area contributed by atoms with Crippen LogP contribution in [0.4, 0.5) is 5.69 Å². The first-order chi connectivity index (χ1) is 9.34. The van der Waals surface area contributed by atoms with Gasteiger partial charge in [-0.1, -0.05) is 13.8 Å². The smallest absolute Gasteiger partial charge is 0.269 e. The van der Waals surface area contributed by atoms with Crippen molar-refractivity contribution < 1.29 is 4.79 Å². The van der Waals surface area contributed by atoms with Gasteiger partial charge in [-0.25, -0.2) is 0 Å². The Kier molecular flexibility index (Phi) is 5.95. The average Bonchev–Trinajstić information content (AvgIpc) is 2.36. The number of nitrogens with one attached hydrogen (secondary N) is 2. The molecule has 112 valence electrons. The zero-order valence-corrected chi connectivity index (χ0v) is 13.2. The van der Waals surface area contributed by atoms with Gasteiger partial charge in [-0.3, -0.25) is 9.78 Å². The number of carbonyl (C=O) groups is 1. The van der Waals surface area contributed by atoms with E-state index in [1.165, 1.54) is 0 Å². The molecule has 0 bridgehead atoms. The van der Waals surface area contributed by atoms with Gasteiger partial charge in [0.1, 0.15) is 5.69 Å². The third-order valence-corrected chi connectivity index (χ3v) is 2.85. The van der Waals surface area contributed by atoms with Crippen molar-refractivity contribution in [3.8, 4) is 0 Å². The van der Waals surface area contributed by atoms with E-state index in [-0.39, 0.29) is 11.3 Å². The molecule has 0 radical (unpaired) electrons. The number of rotatable bonds is 7. The summed E-state index contributed by atoms with van der Waals surface area (Å²) < 4.78 is 0. The second-order valence-corrected chi connectivity index (χ2v) is 6.04. The van der Waals surface area contributed by atoms with Crippen molar-refractivity contribution in [3.63, 3.8) is 0 Å². The van der Waals surface area contributed by atoms with E-state index in [4.69, 9.17) is 0 Å². The van der Waals surface area contributed by atoms with Crippen LogP contribution in [0.1, 0.15) is 31.3 Å². The summed E-state index contributed by atoms with van der Waals surface area (Å²) in [7, 11) is 4.14. The Morgan fingerprint density at radius 2 is 2.10 bits per heavy atom. The van der Waals surface area contributed by atoms with Crippen LogP contribution in [0.3, 0.4) is 0 Å². The molecule has 0 aliphatic heterocycles. The van der Waals surface area contributed by atoms with Crippen LogP contribution in [-0.2, 0) is 0 Å². The van der Waals surface area contributed by atoms with E-state index >= 15 is 0 Å². The van der Waals surface area contributed by atoms with Crippen molar-refractivity contribution in [1.82, 2.24) is 15.2 Å². The van der Waals surface area contributed by atoms with E-state index < -0.39 is 0 Å². The molecule has 20 heavy (non-hydrogen) atoms. The van der Waals surface area contributed by atoms with E-state index in [1.807, 2.05) is 13.0 Å². The first-order valence-electron chi connectivity index (χ1n) is 6.97. The topological polar surface area (TPSA) is 57.3 Å². The Labute approximate surface area is 121 Å². The molecule has 0 unspecified atom stereocenters. The van der Waals surface area contributed by atoms with Gasteiger partial charge in [-0.15, -0.1) is 0 Å². The Morgan fingerprint density at radius 3 is 2.70 bits per heavy atom. The number of carbonyl (C=O) groups excluding carboxylic acids is 1. The van der Waals surface area contributed by atoms with Crippen molar-refractivity contribution in [1.29, 1.82) is 0 Å². The maximum Gasteiger partial charge on any atom is 0.269 e. The number of pyridine rings is 1. The van der Waals surface area contributed by atoms with Gasteiger partial charge < -0.3 is 15.5 Å². The number of anilines is 1. The summed E-state index contributed by atoms with van der Waals surface area (Å²) in [6.45, 7) is 8.76. The summed E-state index contributed by atoms with van der Waals surface area (Å²) in [4.78, 5) is 18.0. The molecule has 0 spiro atoms. The third-order valence-electron chi connectivity index (χ3n) is 2.85. The summed E-state index contributed by atoms with van der Waals surface area (Å²) in [5.41, 5.74) is 1.52. The molecule has 1 rings (SSSR count). The van der Waals surface area contributed by atoms with Crippen LogP contribution in [0.5, 0.6) is 0 Å². The lowest BCUT2D eigenvalue weighted by Gasteiger charge is -2.28. The maximum atomic E-state index is 11.7. The second kappa shape index (κ2) is 7.24.